The van der Waals surface area contributed by atoms with Crippen LogP contribution in [0.5, 0.6) is 0 Å². The van der Waals surface area contributed by atoms with Crippen LogP contribution < -0.4 is 10.6 Å². The van der Waals surface area contributed by atoms with Gasteiger partial charge in [-0.3, -0.25) is 9.59 Å². The van der Waals surface area contributed by atoms with Gasteiger partial charge in [-0.15, -0.1) is 0 Å². The number of carbonyl (C=O) groups is 3. The standard InChI is InChI=1S/C27H30N2O5/c1-27(13-24(30)31,17-10-11-17)29-25(32)22-12-16(22)14-28-26(33)34-15-23-20-8-4-2-6-18(20)19-7-3-5-9-21(19)23/h2-9,16-17,22-23H,10-15H2,1H3,(H,28,33)(H,29,32)(H,30,31)/t16-,22-,27?/m0/s1. The molecule has 7 nitrogen and oxygen atoms in total. The quantitative estimate of drug-likeness (QED) is 0.524. The first-order chi connectivity index (χ1) is 16.4. The Kier molecular flexibility index (Phi) is 5.80. The zero-order chi connectivity index (χ0) is 23.9. The average molecular weight is 463 g/mol. The van der Waals surface area contributed by atoms with E-state index in [0.717, 1.165) is 24.0 Å². The Hall–Kier alpha value is -3.35. The number of fused-ring (bicyclic) bond motifs is 3. The zero-order valence-corrected chi connectivity index (χ0v) is 19.3. The van der Waals surface area contributed by atoms with Crippen LogP contribution in [0.25, 0.3) is 11.1 Å². The Balaban J connectivity index is 1.10. The average Bonchev–Trinajstić information content (AvgIpc) is 3.72. The van der Waals surface area contributed by atoms with Crippen molar-refractivity contribution < 1.29 is 24.2 Å². The van der Waals surface area contributed by atoms with E-state index in [1.807, 2.05) is 31.2 Å². The first-order valence-corrected chi connectivity index (χ1v) is 12.0. The van der Waals surface area contributed by atoms with Gasteiger partial charge in [0.15, 0.2) is 0 Å². The molecule has 34 heavy (non-hydrogen) atoms. The van der Waals surface area contributed by atoms with Gasteiger partial charge in [-0.1, -0.05) is 48.5 Å². The molecule has 0 saturated heterocycles. The summed E-state index contributed by atoms with van der Waals surface area (Å²) in [5.74, 6) is -0.931. The lowest BCUT2D eigenvalue weighted by Gasteiger charge is -2.29. The number of rotatable bonds is 9. The Bertz CT molecular complexity index is 1080. The maximum atomic E-state index is 12.7. The highest BCUT2D eigenvalue weighted by atomic mass is 16.5. The SMILES string of the molecule is CC(CC(=O)O)(NC(=O)[C@H]1C[C@H]1CNC(=O)OCC1c2ccccc2-c2ccccc21)C1CC1. The third-order valence-corrected chi connectivity index (χ3v) is 7.52. The Morgan fingerprint density at radius 1 is 1.03 bits per heavy atom. The fourth-order valence-electron chi connectivity index (χ4n) is 5.36. The highest BCUT2D eigenvalue weighted by Crippen LogP contribution is 2.45. The number of hydrogen-bond donors (Lipinski definition) is 3. The van der Waals surface area contributed by atoms with E-state index in [0.29, 0.717) is 13.0 Å². The van der Waals surface area contributed by atoms with Crippen molar-refractivity contribution in [1.29, 1.82) is 0 Å². The molecular formula is C27H30N2O5. The van der Waals surface area contributed by atoms with Crippen LogP contribution in [0.15, 0.2) is 48.5 Å². The summed E-state index contributed by atoms with van der Waals surface area (Å²) in [4.78, 5) is 36.3. The molecule has 178 valence electrons. The van der Waals surface area contributed by atoms with Crippen LogP contribution >= 0.6 is 0 Å². The van der Waals surface area contributed by atoms with Crippen molar-refractivity contribution in [3.63, 3.8) is 0 Å². The van der Waals surface area contributed by atoms with Crippen molar-refractivity contribution in [3.05, 3.63) is 59.7 Å². The molecule has 3 atom stereocenters. The minimum absolute atomic E-state index is 0.00642. The zero-order valence-electron chi connectivity index (χ0n) is 19.3. The third-order valence-electron chi connectivity index (χ3n) is 7.52. The second-order valence-electron chi connectivity index (χ2n) is 10.1. The van der Waals surface area contributed by atoms with Gasteiger partial charge in [0, 0.05) is 18.4 Å². The third kappa shape index (κ3) is 4.52. The molecule has 0 bridgehead atoms. The summed E-state index contributed by atoms with van der Waals surface area (Å²) < 4.78 is 5.56. The molecule has 7 heteroatoms. The fraction of sp³-hybridized carbons (Fsp3) is 0.444. The van der Waals surface area contributed by atoms with Crippen LogP contribution in [0.4, 0.5) is 4.79 Å². The van der Waals surface area contributed by atoms with Gasteiger partial charge in [-0.05, 0) is 60.3 Å². The number of nitrogens with one attached hydrogen (secondary N) is 2. The van der Waals surface area contributed by atoms with Gasteiger partial charge in [0.1, 0.15) is 6.61 Å². The minimum atomic E-state index is -0.904. The summed E-state index contributed by atoms with van der Waals surface area (Å²) in [5.41, 5.74) is 3.99. The summed E-state index contributed by atoms with van der Waals surface area (Å²) in [6, 6.07) is 16.4. The van der Waals surface area contributed by atoms with E-state index in [2.05, 4.69) is 34.9 Å². The van der Waals surface area contributed by atoms with E-state index >= 15 is 0 Å². The molecule has 3 N–H and O–H groups in total. The summed E-state index contributed by atoms with van der Waals surface area (Å²) in [5, 5.41) is 15.0. The second kappa shape index (κ2) is 8.78. The van der Waals surface area contributed by atoms with E-state index in [4.69, 9.17) is 4.74 Å². The molecule has 0 spiro atoms. The molecule has 0 aromatic heterocycles. The van der Waals surface area contributed by atoms with Gasteiger partial charge in [0.05, 0.1) is 12.0 Å². The summed E-state index contributed by atoms with van der Waals surface area (Å²) in [6.45, 7) is 2.44. The van der Waals surface area contributed by atoms with Gasteiger partial charge in [0.25, 0.3) is 0 Å². The highest BCUT2D eigenvalue weighted by molar-refractivity contribution is 5.83. The number of alkyl carbamates (subject to hydrolysis) is 1. The number of carboxylic acid groups (broad SMARTS) is 1. The van der Waals surface area contributed by atoms with Gasteiger partial charge in [-0.2, -0.15) is 0 Å². The van der Waals surface area contributed by atoms with E-state index in [1.165, 1.54) is 11.1 Å². The first kappa shape index (κ1) is 22.4. The van der Waals surface area contributed by atoms with Crippen molar-refractivity contribution >= 4 is 18.0 Å². The molecular weight excluding hydrogens is 432 g/mol. The lowest BCUT2D eigenvalue weighted by Crippen LogP contribution is -2.50. The van der Waals surface area contributed by atoms with Crippen LogP contribution in [-0.2, 0) is 14.3 Å². The Labute approximate surface area is 198 Å². The van der Waals surface area contributed by atoms with E-state index in [-0.39, 0.29) is 42.6 Å². The van der Waals surface area contributed by atoms with Gasteiger partial charge in [-0.25, -0.2) is 4.79 Å². The molecule has 0 heterocycles. The maximum Gasteiger partial charge on any atom is 0.407 e. The van der Waals surface area contributed by atoms with Crippen LogP contribution in [0.2, 0.25) is 0 Å². The van der Waals surface area contributed by atoms with Crippen LogP contribution in [0.1, 0.15) is 49.7 Å². The number of aliphatic carboxylic acids is 1. The Morgan fingerprint density at radius 2 is 1.65 bits per heavy atom. The normalized spacial score (nSPS) is 22.1. The maximum absolute atomic E-state index is 12.7. The lowest BCUT2D eigenvalue weighted by atomic mass is 9.91. The molecule has 1 unspecified atom stereocenters. The monoisotopic (exact) mass is 462 g/mol. The number of hydrogen-bond acceptors (Lipinski definition) is 4. The van der Waals surface area contributed by atoms with Crippen molar-refractivity contribution in [2.75, 3.05) is 13.2 Å². The van der Waals surface area contributed by atoms with Gasteiger partial charge >= 0.3 is 12.1 Å². The summed E-state index contributed by atoms with van der Waals surface area (Å²) >= 11 is 0. The van der Waals surface area contributed by atoms with Gasteiger partial charge < -0.3 is 20.5 Å². The molecule has 2 amide bonds. The molecule has 3 aliphatic rings. The number of carboxylic acids is 1. The minimum Gasteiger partial charge on any atom is -0.481 e. The van der Waals surface area contributed by atoms with E-state index in [1.54, 1.807) is 0 Å². The van der Waals surface area contributed by atoms with Crippen molar-refractivity contribution in [3.8, 4) is 11.1 Å². The summed E-state index contributed by atoms with van der Waals surface area (Å²) in [6.07, 6.45) is 2.02. The van der Waals surface area contributed by atoms with E-state index in [9.17, 15) is 19.5 Å². The van der Waals surface area contributed by atoms with Crippen LogP contribution in [0.3, 0.4) is 0 Å². The summed E-state index contributed by atoms with van der Waals surface area (Å²) in [7, 11) is 0. The molecule has 3 aliphatic carbocycles. The largest absolute Gasteiger partial charge is 0.481 e. The molecule has 0 aliphatic heterocycles. The Morgan fingerprint density at radius 3 is 2.24 bits per heavy atom. The number of carbonyl (C=O) groups excluding carboxylic acids is 2. The molecule has 2 aromatic carbocycles. The van der Waals surface area contributed by atoms with Crippen molar-refractivity contribution in [2.45, 2.75) is 44.1 Å². The van der Waals surface area contributed by atoms with Crippen LogP contribution in [-0.4, -0.2) is 41.8 Å². The number of ether oxygens (including phenoxy) is 1. The molecule has 2 aromatic rings. The van der Waals surface area contributed by atoms with Gasteiger partial charge in [0.2, 0.25) is 5.91 Å². The molecule has 0 radical (unpaired) electrons. The smallest absolute Gasteiger partial charge is 0.407 e. The second-order valence-corrected chi connectivity index (χ2v) is 10.1. The topological polar surface area (TPSA) is 105 Å². The number of benzene rings is 2. The number of amides is 2. The fourth-order valence-corrected chi connectivity index (χ4v) is 5.36. The molecule has 2 fully saturated rings. The van der Waals surface area contributed by atoms with Crippen LogP contribution in [0, 0.1) is 17.8 Å². The predicted octanol–water partition coefficient (Wildman–Crippen LogP) is 3.92. The van der Waals surface area contributed by atoms with E-state index < -0.39 is 17.6 Å². The van der Waals surface area contributed by atoms with Crippen molar-refractivity contribution in [1.82, 2.24) is 10.6 Å². The lowest BCUT2D eigenvalue weighted by molar-refractivity contribution is -0.139. The molecule has 5 rings (SSSR count). The molecule has 2 saturated carbocycles. The first-order valence-electron chi connectivity index (χ1n) is 12.0. The van der Waals surface area contributed by atoms with Crippen molar-refractivity contribution in [2.24, 2.45) is 17.8 Å². The highest BCUT2D eigenvalue weighted by Gasteiger charge is 2.49. The predicted molar refractivity (Wildman–Crippen MR) is 126 cm³/mol.